The highest BCUT2D eigenvalue weighted by Gasteiger charge is 2.17. The minimum atomic E-state index is -3.48. The average molecular weight is 384 g/mol. The topological polar surface area (TPSA) is 116 Å². The summed E-state index contributed by atoms with van der Waals surface area (Å²) in [6, 6.07) is 11.3. The number of nitrogens with two attached hydrogens (primary N) is 2. The van der Waals surface area contributed by atoms with Gasteiger partial charge < -0.3 is 11.5 Å². The minimum absolute atomic E-state index is 0.000140. The zero-order chi connectivity index (χ0) is 17.9. The van der Waals surface area contributed by atoms with Crippen molar-refractivity contribution in [2.45, 2.75) is 14.7 Å². The third-order valence-electron chi connectivity index (χ3n) is 2.90. The number of benzene rings is 2. The third kappa shape index (κ3) is 4.50. The van der Waals surface area contributed by atoms with E-state index in [1.165, 1.54) is 30.0 Å². The molecule has 0 atom stereocenters. The van der Waals surface area contributed by atoms with E-state index in [0.717, 1.165) is 6.26 Å². The lowest BCUT2D eigenvalue weighted by Gasteiger charge is -2.09. The summed E-state index contributed by atoms with van der Waals surface area (Å²) < 4.78 is 23.5. The number of hydrogen-bond donors (Lipinski definition) is 2. The number of nitrogens with zero attached hydrogens (tertiary/aromatic N) is 1. The second-order valence-corrected chi connectivity index (χ2v) is 8.31. The molecule has 2 aromatic carbocycles. The molecular weight excluding hydrogens is 370 g/mol. The highest BCUT2D eigenvalue weighted by atomic mass is 35.5. The van der Waals surface area contributed by atoms with Crippen LogP contribution in [0.25, 0.3) is 0 Å². The number of hydrogen-bond acceptors (Lipinski definition) is 4. The van der Waals surface area contributed by atoms with Crippen LogP contribution in [-0.4, -0.2) is 26.5 Å². The van der Waals surface area contributed by atoms with Crippen LogP contribution in [0.3, 0.4) is 0 Å². The SMILES string of the molecule is CS(=O)(=O)c1ccc(Sc2ccccc2Cl)c(C(=O)N=C(N)N)c1. The first-order valence-corrected chi connectivity index (χ1v) is 9.67. The Morgan fingerprint density at radius 3 is 2.38 bits per heavy atom. The van der Waals surface area contributed by atoms with Crippen molar-refractivity contribution in [3.8, 4) is 0 Å². The van der Waals surface area contributed by atoms with Crippen molar-refractivity contribution >= 4 is 45.1 Å². The summed E-state index contributed by atoms with van der Waals surface area (Å²) >= 11 is 7.34. The van der Waals surface area contributed by atoms with Crippen molar-refractivity contribution in [3.05, 3.63) is 53.1 Å². The molecule has 0 spiro atoms. The van der Waals surface area contributed by atoms with Crippen LogP contribution in [0.5, 0.6) is 0 Å². The minimum Gasteiger partial charge on any atom is -0.370 e. The second-order valence-electron chi connectivity index (χ2n) is 4.80. The molecule has 24 heavy (non-hydrogen) atoms. The molecule has 0 heterocycles. The van der Waals surface area contributed by atoms with Crippen LogP contribution in [0.15, 0.2) is 62.1 Å². The summed E-state index contributed by atoms with van der Waals surface area (Å²) in [6.07, 6.45) is 1.05. The molecule has 0 aliphatic carbocycles. The van der Waals surface area contributed by atoms with Crippen LogP contribution in [0.1, 0.15) is 10.4 Å². The lowest BCUT2D eigenvalue weighted by atomic mass is 10.2. The third-order valence-corrected chi connectivity index (χ3v) is 5.60. The van der Waals surface area contributed by atoms with Gasteiger partial charge in [-0.2, -0.15) is 4.99 Å². The van der Waals surface area contributed by atoms with E-state index in [1.807, 2.05) is 0 Å². The van der Waals surface area contributed by atoms with E-state index in [1.54, 1.807) is 24.3 Å². The first kappa shape index (κ1) is 18.3. The van der Waals surface area contributed by atoms with E-state index in [2.05, 4.69) is 4.99 Å². The molecule has 126 valence electrons. The van der Waals surface area contributed by atoms with Crippen LogP contribution < -0.4 is 11.5 Å². The van der Waals surface area contributed by atoms with Gasteiger partial charge in [-0.25, -0.2) is 8.42 Å². The van der Waals surface area contributed by atoms with Gasteiger partial charge in [0.1, 0.15) is 0 Å². The molecule has 0 saturated heterocycles. The van der Waals surface area contributed by atoms with Crippen LogP contribution in [0, 0.1) is 0 Å². The summed E-state index contributed by atoms with van der Waals surface area (Å²) in [5, 5.41) is 0.509. The highest BCUT2D eigenvalue weighted by Crippen LogP contribution is 2.36. The molecule has 1 amide bonds. The fourth-order valence-corrected chi connectivity index (χ4v) is 3.66. The predicted octanol–water partition coefficient (Wildman–Crippen LogP) is 2.31. The molecule has 0 aliphatic heterocycles. The normalized spacial score (nSPS) is 11.1. The number of amides is 1. The Kier molecular flexibility index (Phi) is 5.53. The Morgan fingerprint density at radius 1 is 1.12 bits per heavy atom. The molecule has 0 bridgehead atoms. The van der Waals surface area contributed by atoms with Gasteiger partial charge in [0, 0.05) is 16.0 Å². The zero-order valence-corrected chi connectivity index (χ0v) is 15.0. The zero-order valence-electron chi connectivity index (χ0n) is 12.6. The molecule has 0 fully saturated rings. The molecule has 2 rings (SSSR count). The second kappa shape index (κ2) is 7.25. The maximum atomic E-state index is 12.2. The Bertz CT molecular complexity index is 923. The Labute approximate surface area is 148 Å². The first-order chi connectivity index (χ1) is 11.2. The van der Waals surface area contributed by atoms with Gasteiger partial charge in [-0.15, -0.1) is 0 Å². The van der Waals surface area contributed by atoms with Gasteiger partial charge in [0.2, 0.25) is 0 Å². The lowest BCUT2D eigenvalue weighted by Crippen LogP contribution is -2.24. The molecule has 2 aromatic rings. The van der Waals surface area contributed by atoms with E-state index in [-0.39, 0.29) is 10.5 Å². The maximum absolute atomic E-state index is 12.2. The fourth-order valence-electron chi connectivity index (χ4n) is 1.82. The molecule has 0 unspecified atom stereocenters. The first-order valence-electron chi connectivity index (χ1n) is 6.59. The van der Waals surface area contributed by atoms with Gasteiger partial charge in [0.15, 0.2) is 15.8 Å². The maximum Gasteiger partial charge on any atom is 0.281 e. The van der Waals surface area contributed by atoms with Crippen LogP contribution in [0.2, 0.25) is 5.02 Å². The van der Waals surface area contributed by atoms with Crippen molar-refractivity contribution in [3.63, 3.8) is 0 Å². The molecule has 0 saturated carbocycles. The molecular formula is C15H14ClN3O3S2. The van der Waals surface area contributed by atoms with E-state index >= 15 is 0 Å². The average Bonchev–Trinajstić information content (AvgIpc) is 2.48. The number of aliphatic imine (C=N–C) groups is 1. The molecule has 4 N–H and O–H groups in total. The molecule has 9 heteroatoms. The van der Waals surface area contributed by atoms with E-state index in [9.17, 15) is 13.2 Å². The number of sulfone groups is 1. The van der Waals surface area contributed by atoms with Gasteiger partial charge in [0.05, 0.1) is 15.5 Å². The van der Waals surface area contributed by atoms with E-state index in [0.29, 0.717) is 14.8 Å². The Morgan fingerprint density at radius 2 is 1.79 bits per heavy atom. The lowest BCUT2D eigenvalue weighted by molar-refractivity contribution is 0.0999. The van der Waals surface area contributed by atoms with Gasteiger partial charge in [-0.05, 0) is 30.3 Å². The van der Waals surface area contributed by atoms with Gasteiger partial charge >= 0.3 is 0 Å². The number of guanidine groups is 1. The molecule has 0 aromatic heterocycles. The summed E-state index contributed by atoms with van der Waals surface area (Å²) in [7, 11) is -3.48. The quantitative estimate of drug-likeness (QED) is 0.618. The summed E-state index contributed by atoms with van der Waals surface area (Å²) in [4.78, 5) is 16.9. The Balaban J connectivity index is 2.56. The monoisotopic (exact) mass is 383 g/mol. The van der Waals surface area contributed by atoms with E-state index < -0.39 is 21.7 Å². The largest absolute Gasteiger partial charge is 0.370 e. The summed E-state index contributed by atoms with van der Waals surface area (Å²) in [6.45, 7) is 0. The van der Waals surface area contributed by atoms with Crippen molar-refractivity contribution in [2.24, 2.45) is 16.5 Å². The van der Waals surface area contributed by atoms with Crippen LogP contribution in [-0.2, 0) is 9.84 Å². The Hall–Kier alpha value is -2.03. The predicted molar refractivity (Wildman–Crippen MR) is 95.3 cm³/mol. The number of halogens is 1. The smallest absolute Gasteiger partial charge is 0.281 e. The summed E-state index contributed by atoms with van der Waals surface area (Å²) in [5.41, 5.74) is 10.6. The highest BCUT2D eigenvalue weighted by molar-refractivity contribution is 7.99. The summed E-state index contributed by atoms with van der Waals surface area (Å²) in [5.74, 6) is -1.13. The van der Waals surface area contributed by atoms with E-state index in [4.69, 9.17) is 23.1 Å². The van der Waals surface area contributed by atoms with Crippen LogP contribution >= 0.6 is 23.4 Å². The van der Waals surface area contributed by atoms with Crippen LogP contribution in [0.4, 0.5) is 0 Å². The van der Waals surface area contributed by atoms with Crippen molar-refractivity contribution < 1.29 is 13.2 Å². The van der Waals surface area contributed by atoms with Crippen molar-refractivity contribution in [2.75, 3.05) is 6.26 Å². The standard InChI is InChI=1S/C15H14ClN3O3S2/c1-24(21,22)9-6-7-12(10(8-9)14(20)19-15(17)18)23-13-5-3-2-4-11(13)16/h2-8H,1H3,(H4,17,18,19,20). The van der Waals surface area contributed by atoms with Crippen molar-refractivity contribution in [1.82, 2.24) is 0 Å². The number of rotatable bonds is 4. The molecule has 0 aliphatic rings. The van der Waals surface area contributed by atoms with Gasteiger partial charge in [-0.3, -0.25) is 4.79 Å². The number of carbonyl (C=O) groups excluding carboxylic acids is 1. The number of carbonyl (C=O) groups is 1. The van der Waals surface area contributed by atoms with Crippen molar-refractivity contribution in [1.29, 1.82) is 0 Å². The molecule has 6 nitrogen and oxygen atoms in total. The fraction of sp³-hybridized carbons (Fsp3) is 0.0667. The molecule has 0 radical (unpaired) electrons. The van der Waals surface area contributed by atoms with Gasteiger partial charge in [0.25, 0.3) is 5.91 Å². The van der Waals surface area contributed by atoms with Gasteiger partial charge in [-0.1, -0.05) is 35.5 Å².